The highest BCUT2D eigenvalue weighted by Crippen LogP contribution is 2.30. The lowest BCUT2D eigenvalue weighted by atomic mass is 10.0. The first-order chi connectivity index (χ1) is 12.0. The quantitative estimate of drug-likeness (QED) is 0.672. The van der Waals surface area contributed by atoms with Crippen LogP contribution in [0.4, 0.5) is 0 Å². The van der Waals surface area contributed by atoms with Crippen LogP contribution in [0.15, 0.2) is 24.3 Å². The van der Waals surface area contributed by atoms with Crippen molar-refractivity contribution in [1.82, 2.24) is 10.2 Å². The van der Waals surface area contributed by atoms with Crippen molar-refractivity contribution < 1.29 is 17.9 Å². The van der Waals surface area contributed by atoms with E-state index in [0.29, 0.717) is 31.8 Å². The fraction of sp³-hybridized carbons (Fsp3) is 0.611. The molecular weight excluding hydrogens is 376 g/mol. The predicted octanol–water partition coefficient (Wildman–Crippen LogP) is 2.19. The summed E-state index contributed by atoms with van der Waals surface area (Å²) in [6.07, 6.45) is 2.44. The maximum absolute atomic E-state index is 12.7. The van der Waals surface area contributed by atoms with Crippen LogP contribution in [-0.2, 0) is 14.6 Å². The molecule has 1 aliphatic heterocycles. The van der Waals surface area contributed by atoms with Gasteiger partial charge in [-0.25, -0.2) is 8.42 Å². The summed E-state index contributed by atoms with van der Waals surface area (Å²) in [5.74, 6) is 0.0501. The summed E-state index contributed by atoms with van der Waals surface area (Å²) in [5, 5.41) is 3.28. The van der Waals surface area contributed by atoms with Gasteiger partial charge in [0.1, 0.15) is 11.5 Å². The predicted molar refractivity (Wildman–Crippen MR) is 106 cm³/mol. The SMILES string of the molecule is CCCCCS(=O)(=O)CC(=O)N1CCNCC1c1ccccc1OC.Cl. The molecule has 148 valence electrons. The van der Waals surface area contributed by atoms with Gasteiger partial charge in [0.25, 0.3) is 0 Å². The van der Waals surface area contributed by atoms with Gasteiger partial charge in [0, 0.05) is 25.2 Å². The van der Waals surface area contributed by atoms with Crippen LogP contribution in [0.5, 0.6) is 5.75 Å². The molecule has 1 fully saturated rings. The zero-order chi connectivity index (χ0) is 18.3. The lowest BCUT2D eigenvalue weighted by Gasteiger charge is -2.37. The molecule has 1 aromatic rings. The Morgan fingerprint density at radius 3 is 2.73 bits per heavy atom. The third kappa shape index (κ3) is 6.14. The second-order valence-electron chi connectivity index (χ2n) is 6.35. The number of piperazine rings is 1. The van der Waals surface area contributed by atoms with E-state index < -0.39 is 15.6 Å². The number of nitrogens with one attached hydrogen (secondary N) is 1. The number of rotatable bonds is 8. The molecule has 0 aliphatic carbocycles. The Hall–Kier alpha value is -1.31. The third-order valence-corrected chi connectivity index (χ3v) is 6.06. The van der Waals surface area contributed by atoms with E-state index in [0.717, 1.165) is 18.4 Å². The van der Waals surface area contributed by atoms with Crippen LogP contribution in [0.3, 0.4) is 0 Å². The van der Waals surface area contributed by atoms with Crippen molar-refractivity contribution in [3.05, 3.63) is 29.8 Å². The average Bonchev–Trinajstić information content (AvgIpc) is 2.61. The molecule has 1 saturated heterocycles. The number of sulfone groups is 1. The molecule has 2 rings (SSSR count). The molecule has 0 saturated carbocycles. The lowest BCUT2D eigenvalue weighted by molar-refractivity contribution is -0.131. The van der Waals surface area contributed by atoms with Crippen molar-refractivity contribution in [2.75, 3.05) is 38.2 Å². The van der Waals surface area contributed by atoms with E-state index in [4.69, 9.17) is 4.74 Å². The first-order valence-corrected chi connectivity index (χ1v) is 10.6. The number of nitrogens with zero attached hydrogens (tertiary/aromatic N) is 1. The summed E-state index contributed by atoms with van der Waals surface area (Å²) < 4.78 is 29.9. The molecule has 0 bridgehead atoms. The van der Waals surface area contributed by atoms with Gasteiger partial charge >= 0.3 is 0 Å². The topological polar surface area (TPSA) is 75.7 Å². The summed E-state index contributed by atoms with van der Waals surface area (Å²) in [7, 11) is -1.77. The number of carbonyl (C=O) groups is 1. The van der Waals surface area contributed by atoms with Crippen LogP contribution in [-0.4, -0.2) is 57.5 Å². The Bertz CT molecular complexity index is 682. The van der Waals surface area contributed by atoms with Crippen molar-refractivity contribution in [2.45, 2.75) is 32.2 Å². The Morgan fingerprint density at radius 1 is 1.31 bits per heavy atom. The third-order valence-electron chi connectivity index (χ3n) is 4.46. The van der Waals surface area contributed by atoms with Gasteiger partial charge in [-0.05, 0) is 12.5 Å². The van der Waals surface area contributed by atoms with Crippen LogP contribution in [0.2, 0.25) is 0 Å². The van der Waals surface area contributed by atoms with Crippen LogP contribution in [0.25, 0.3) is 0 Å². The summed E-state index contributed by atoms with van der Waals surface area (Å²) in [5.41, 5.74) is 0.897. The molecule has 1 amide bonds. The Balaban J connectivity index is 0.00000338. The standard InChI is InChI=1S/C18H28N2O4S.ClH/c1-3-4-7-12-25(22,23)14-18(21)20-11-10-19-13-16(20)15-8-5-6-9-17(15)24-2;/h5-6,8-9,16,19H,3-4,7,10-14H2,1-2H3;1H. The number of amides is 1. The Morgan fingerprint density at radius 2 is 2.04 bits per heavy atom. The number of benzene rings is 1. The molecule has 0 radical (unpaired) electrons. The van der Waals surface area contributed by atoms with Crippen molar-refractivity contribution >= 4 is 28.2 Å². The Kier molecular flexibility index (Phi) is 9.39. The number of para-hydroxylation sites is 1. The van der Waals surface area contributed by atoms with Crippen molar-refractivity contribution in [3.63, 3.8) is 0 Å². The molecule has 6 nitrogen and oxygen atoms in total. The lowest BCUT2D eigenvalue weighted by Crippen LogP contribution is -2.50. The number of ether oxygens (including phenoxy) is 1. The largest absolute Gasteiger partial charge is 0.496 e. The second-order valence-corrected chi connectivity index (χ2v) is 8.53. The number of carbonyl (C=O) groups excluding carboxylic acids is 1. The molecule has 1 N–H and O–H groups in total. The molecule has 1 aromatic carbocycles. The van der Waals surface area contributed by atoms with E-state index in [1.165, 1.54) is 0 Å². The highest BCUT2D eigenvalue weighted by molar-refractivity contribution is 7.92. The molecule has 0 spiro atoms. The second kappa shape index (κ2) is 10.7. The summed E-state index contributed by atoms with van der Waals surface area (Å²) in [6, 6.07) is 7.34. The van der Waals surface area contributed by atoms with E-state index in [1.54, 1.807) is 12.0 Å². The van der Waals surface area contributed by atoms with E-state index >= 15 is 0 Å². The normalized spacial score (nSPS) is 17.5. The monoisotopic (exact) mass is 404 g/mol. The summed E-state index contributed by atoms with van der Waals surface area (Å²) >= 11 is 0. The van der Waals surface area contributed by atoms with Crippen LogP contribution in [0, 0.1) is 0 Å². The summed E-state index contributed by atoms with van der Waals surface area (Å²) in [6.45, 7) is 3.76. The van der Waals surface area contributed by atoms with Gasteiger partial charge in [0.2, 0.25) is 5.91 Å². The Labute approximate surface area is 162 Å². The van der Waals surface area contributed by atoms with E-state index in [2.05, 4.69) is 5.32 Å². The van der Waals surface area contributed by atoms with Gasteiger partial charge in [0.05, 0.1) is 18.9 Å². The number of halogens is 1. The van der Waals surface area contributed by atoms with Crippen molar-refractivity contribution in [3.8, 4) is 5.75 Å². The smallest absolute Gasteiger partial charge is 0.238 e. The van der Waals surface area contributed by atoms with Crippen LogP contribution >= 0.6 is 12.4 Å². The maximum Gasteiger partial charge on any atom is 0.238 e. The fourth-order valence-electron chi connectivity index (χ4n) is 3.14. The number of unbranched alkanes of at least 4 members (excludes halogenated alkanes) is 2. The minimum absolute atomic E-state index is 0. The fourth-order valence-corrected chi connectivity index (χ4v) is 4.47. The first-order valence-electron chi connectivity index (χ1n) is 8.82. The first kappa shape index (κ1) is 22.7. The van der Waals surface area contributed by atoms with Gasteiger partial charge in [-0.3, -0.25) is 4.79 Å². The number of hydrogen-bond acceptors (Lipinski definition) is 5. The maximum atomic E-state index is 12.7. The molecule has 1 aliphatic rings. The zero-order valence-electron chi connectivity index (χ0n) is 15.4. The van der Waals surface area contributed by atoms with Gasteiger partial charge in [-0.2, -0.15) is 0 Å². The highest BCUT2D eigenvalue weighted by atomic mass is 35.5. The van der Waals surface area contributed by atoms with Crippen LogP contribution < -0.4 is 10.1 Å². The minimum atomic E-state index is -3.37. The van der Waals surface area contributed by atoms with E-state index in [1.807, 2.05) is 31.2 Å². The number of hydrogen-bond donors (Lipinski definition) is 1. The number of methoxy groups -OCH3 is 1. The molecule has 1 atom stereocenters. The van der Waals surface area contributed by atoms with E-state index in [9.17, 15) is 13.2 Å². The van der Waals surface area contributed by atoms with Gasteiger partial charge in [-0.15, -0.1) is 12.4 Å². The van der Waals surface area contributed by atoms with Crippen LogP contribution in [0.1, 0.15) is 37.8 Å². The molecule has 1 unspecified atom stereocenters. The average molecular weight is 405 g/mol. The van der Waals surface area contributed by atoms with E-state index in [-0.39, 0.29) is 30.1 Å². The zero-order valence-corrected chi connectivity index (χ0v) is 17.1. The van der Waals surface area contributed by atoms with Crippen molar-refractivity contribution in [1.29, 1.82) is 0 Å². The van der Waals surface area contributed by atoms with Gasteiger partial charge in [-0.1, -0.05) is 38.0 Å². The molecule has 1 heterocycles. The molecular formula is C18H29ClN2O4S. The van der Waals surface area contributed by atoms with Crippen molar-refractivity contribution in [2.24, 2.45) is 0 Å². The molecule has 8 heteroatoms. The summed E-state index contributed by atoms with van der Waals surface area (Å²) in [4.78, 5) is 14.4. The minimum Gasteiger partial charge on any atom is -0.496 e. The molecule has 26 heavy (non-hydrogen) atoms. The van der Waals surface area contributed by atoms with Gasteiger partial charge < -0.3 is 15.0 Å². The highest BCUT2D eigenvalue weighted by Gasteiger charge is 2.31. The van der Waals surface area contributed by atoms with Gasteiger partial charge in [0.15, 0.2) is 9.84 Å². The molecule has 0 aromatic heterocycles.